The summed E-state index contributed by atoms with van der Waals surface area (Å²) in [7, 11) is 1.86. The molecule has 246 valence electrons. The number of aldehydes is 1. The maximum atomic E-state index is 11.2. The van der Waals surface area contributed by atoms with Gasteiger partial charge in [-0.25, -0.2) is 0 Å². The first kappa shape index (κ1) is 33.2. The lowest BCUT2D eigenvalue weighted by Gasteiger charge is -2.20. The molecule has 6 rings (SSSR count). The number of benzene rings is 4. The summed E-state index contributed by atoms with van der Waals surface area (Å²) in [6.45, 7) is 6.97. The van der Waals surface area contributed by atoms with Crippen LogP contribution in [0.1, 0.15) is 44.6 Å². The van der Waals surface area contributed by atoms with Gasteiger partial charge in [-0.2, -0.15) is 0 Å². The van der Waals surface area contributed by atoms with Crippen molar-refractivity contribution in [2.45, 2.75) is 46.1 Å². The number of aliphatic hydroxyl groups excluding tert-OH is 1. The minimum Gasteiger partial charge on any atom is -0.488 e. The molecule has 0 saturated carbocycles. The van der Waals surface area contributed by atoms with E-state index < -0.39 is 0 Å². The van der Waals surface area contributed by atoms with E-state index in [4.69, 9.17) is 21.1 Å². The molecule has 1 fully saturated rings. The molecule has 0 radical (unpaired) electrons. The number of nitrogens with zero attached hydrogens (tertiary/aromatic N) is 2. The zero-order valence-corrected chi connectivity index (χ0v) is 28.3. The van der Waals surface area contributed by atoms with E-state index >= 15 is 0 Å². The number of likely N-dealkylation sites (tertiary alicyclic amines) is 1. The van der Waals surface area contributed by atoms with Crippen molar-refractivity contribution in [3.05, 3.63) is 130 Å². The van der Waals surface area contributed by atoms with Crippen LogP contribution in [0.4, 0.5) is 5.69 Å². The van der Waals surface area contributed by atoms with Crippen molar-refractivity contribution in [3.8, 4) is 33.8 Å². The summed E-state index contributed by atoms with van der Waals surface area (Å²) in [4.78, 5) is 17.7. The summed E-state index contributed by atoms with van der Waals surface area (Å²) in [5.41, 5.74) is 11.3. The van der Waals surface area contributed by atoms with Gasteiger partial charge in [0.15, 0.2) is 0 Å². The molecule has 5 aromatic rings. The first-order valence-corrected chi connectivity index (χ1v) is 16.5. The number of β-amino-alcohol motifs (C(OH)–C–C–N with tert-alkyl or cyclic N) is 1. The number of aromatic nitrogens is 1. The second-order valence-corrected chi connectivity index (χ2v) is 12.7. The largest absolute Gasteiger partial charge is 0.488 e. The molecule has 8 heteroatoms. The topological polar surface area (TPSA) is 83.9 Å². The van der Waals surface area contributed by atoms with Crippen LogP contribution in [-0.2, 0) is 19.8 Å². The van der Waals surface area contributed by atoms with Crippen molar-refractivity contribution in [2.75, 3.05) is 25.5 Å². The Morgan fingerprint density at radius 1 is 0.896 bits per heavy atom. The minimum absolute atomic E-state index is 0.317. The molecule has 2 N–H and O–H groups in total. The predicted octanol–water partition coefficient (Wildman–Crippen LogP) is 8.26. The zero-order chi connectivity index (χ0) is 33.6. The van der Waals surface area contributed by atoms with Crippen molar-refractivity contribution in [1.29, 1.82) is 0 Å². The lowest BCUT2D eigenvalue weighted by Crippen LogP contribution is -2.22. The molecule has 1 aromatic heterocycles. The summed E-state index contributed by atoms with van der Waals surface area (Å²) in [5.74, 6) is 1.23. The third-order valence-corrected chi connectivity index (χ3v) is 9.34. The quantitative estimate of drug-likeness (QED) is 0.130. The van der Waals surface area contributed by atoms with Crippen LogP contribution in [0.5, 0.6) is 11.5 Å². The van der Waals surface area contributed by atoms with E-state index in [0.29, 0.717) is 48.4 Å². The molecule has 0 spiro atoms. The van der Waals surface area contributed by atoms with E-state index in [1.165, 1.54) is 5.56 Å². The summed E-state index contributed by atoms with van der Waals surface area (Å²) in [6.07, 6.45) is 4.86. The van der Waals surface area contributed by atoms with Crippen molar-refractivity contribution >= 4 is 23.6 Å². The van der Waals surface area contributed by atoms with Crippen molar-refractivity contribution in [1.82, 2.24) is 9.88 Å². The van der Waals surface area contributed by atoms with E-state index in [1.807, 2.05) is 49.5 Å². The molecule has 1 atom stereocenters. The van der Waals surface area contributed by atoms with Crippen LogP contribution in [0.3, 0.4) is 0 Å². The monoisotopic (exact) mass is 661 g/mol. The summed E-state index contributed by atoms with van der Waals surface area (Å²) in [5, 5.41) is 13.7. The Labute approximate surface area is 287 Å². The fourth-order valence-corrected chi connectivity index (χ4v) is 6.51. The fraction of sp³-hybridized carbons (Fsp3) is 0.250. The Kier molecular flexibility index (Phi) is 10.4. The Morgan fingerprint density at radius 3 is 2.35 bits per heavy atom. The second kappa shape index (κ2) is 15.0. The Bertz CT molecular complexity index is 1910. The normalized spacial score (nSPS) is 14.6. The SMILES string of the molecule is CNc1cncc(COc2cc(OCc3cccc(-c4cccc(-c5ccc(C=O)cc5)c4C)c3C)c(Cl)cc2CN2CC[C@@H](O)C2)c1. The Morgan fingerprint density at radius 2 is 1.62 bits per heavy atom. The maximum Gasteiger partial charge on any atom is 0.150 e. The van der Waals surface area contributed by atoms with E-state index in [-0.39, 0.29) is 6.10 Å². The van der Waals surface area contributed by atoms with Crippen LogP contribution in [-0.4, -0.2) is 47.5 Å². The molecule has 7 nitrogen and oxygen atoms in total. The van der Waals surface area contributed by atoms with Crippen LogP contribution in [0.2, 0.25) is 5.02 Å². The predicted molar refractivity (Wildman–Crippen MR) is 192 cm³/mol. The van der Waals surface area contributed by atoms with Crippen LogP contribution in [0.15, 0.2) is 91.3 Å². The molecule has 0 aliphatic carbocycles. The number of nitrogens with one attached hydrogen (secondary N) is 1. The van der Waals surface area contributed by atoms with Gasteiger partial charge in [0.2, 0.25) is 0 Å². The number of hydrogen-bond donors (Lipinski definition) is 2. The first-order chi connectivity index (χ1) is 23.3. The van der Waals surface area contributed by atoms with Gasteiger partial charge in [-0.3, -0.25) is 14.7 Å². The van der Waals surface area contributed by atoms with E-state index in [1.54, 1.807) is 12.4 Å². The Balaban J connectivity index is 1.25. The van der Waals surface area contributed by atoms with Crippen LogP contribution in [0, 0.1) is 13.8 Å². The first-order valence-electron chi connectivity index (χ1n) is 16.2. The fourth-order valence-electron chi connectivity index (χ4n) is 6.27. The lowest BCUT2D eigenvalue weighted by molar-refractivity contribution is 0.112. The van der Waals surface area contributed by atoms with E-state index in [9.17, 15) is 9.90 Å². The van der Waals surface area contributed by atoms with Crippen molar-refractivity contribution in [2.24, 2.45) is 0 Å². The number of carbonyl (C=O) groups is 1. The highest BCUT2D eigenvalue weighted by Crippen LogP contribution is 2.37. The number of halogens is 1. The molecule has 0 bridgehead atoms. The minimum atomic E-state index is -0.317. The van der Waals surface area contributed by atoms with Crippen molar-refractivity contribution < 1.29 is 19.4 Å². The summed E-state index contributed by atoms with van der Waals surface area (Å²) >= 11 is 6.83. The third-order valence-electron chi connectivity index (χ3n) is 9.05. The highest BCUT2D eigenvalue weighted by Gasteiger charge is 2.23. The molecule has 48 heavy (non-hydrogen) atoms. The van der Waals surface area contributed by atoms with Crippen LogP contribution in [0.25, 0.3) is 22.3 Å². The number of aliphatic hydroxyl groups is 1. The van der Waals surface area contributed by atoms with Gasteiger partial charge in [0, 0.05) is 61.8 Å². The second-order valence-electron chi connectivity index (χ2n) is 12.3. The van der Waals surface area contributed by atoms with Gasteiger partial charge in [-0.15, -0.1) is 0 Å². The average molecular weight is 662 g/mol. The number of anilines is 1. The average Bonchev–Trinajstić information content (AvgIpc) is 3.52. The van der Waals surface area contributed by atoms with Gasteiger partial charge >= 0.3 is 0 Å². The standard InChI is InChI=1S/C40H40ClN3O4/c1-26-31(6-4-8-36(26)37-9-5-7-35(27(37)2)30-12-10-28(23-45)11-13-30)25-48-40-18-39(47-24-29-16-33(42-3)20-43-19-29)32(17-38(40)41)21-44-15-14-34(46)22-44/h4-13,16-20,23,34,42,46H,14-15,21-22,24-25H2,1-3H3/t34-/m1/s1. The van der Waals surface area contributed by atoms with Gasteiger partial charge in [0.05, 0.1) is 16.8 Å². The van der Waals surface area contributed by atoms with Crippen LogP contribution < -0.4 is 14.8 Å². The molecule has 2 heterocycles. The molecule has 1 aliphatic rings. The number of carbonyl (C=O) groups excluding carboxylic acids is 1. The van der Waals surface area contributed by atoms with Gasteiger partial charge in [-0.05, 0) is 71.3 Å². The van der Waals surface area contributed by atoms with Crippen molar-refractivity contribution in [3.63, 3.8) is 0 Å². The number of pyridine rings is 1. The highest BCUT2D eigenvalue weighted by atomic mass is 35.5. The highest BCUT2D eigenvalue weighted by molar-refractivity contribution is 6.32. The van der Waals surface area contributed by atoms with E-state index in [0.717, 1.165) is 69.4 Å². The summed E-state index contributed by atoms with van der Waals surface area (Å²) < 4.78 is 12.8. The van der Waals surface area contributed by atoms with Gasteiger partial charge < -0.3 is 19.9 Å². The molecular weight excluding hydrogens is 622 g/mol. The number of rotatable bonds is 12. The zero-order valence-electron chi connectivity index (χ0n) is 27.5. The molecule has 0 unspecified atom stereocenters. The van der Waals surface area contributed by atoms with Gasteiger partial charge in [0.1, 0.15) is 31.0 Å². The molecule has 0 amide bonds. The Hall–Kier alpha value is -4.69. The van der Waals surface area contributed by atoms with Gasteiger partial charge in [-0.1, -0.05) is 72.3 Å². The number of hydrogen-bond acceptors (Lipinski definition) is 7. The third kappa shape index (κ3) is 7.55. The number of ether oxygens (including phenoxy) is 2. The molecule has 4 aromatic carbocycles. The lowest BCUT2D eigenvalue weighted by atomic mass is 9.89. The summed E-state index contributed by atoms with van der Waals surface area (Å²) in [6, 6.07) is 26.1. The maximum absolute atomic E-state index is 11.2. The van der Waals surface area contributed by atoms with Gasteiger partial charge in [0.25, 0.3) is 0 Å². The van der Waals surface area contributed by atoms with E-state index in [2.05, 4.69) is 65.4 Å². The molecular formula is C40H40ClN3O4. The van der Waals surface area contributed by atoms with Crippen LogP contribution >= 0.6 is 11.6 Å². The molecule has 1 saturated heterocycles. The smallest absolute Gasteiger partial charge is 0.150 e. The molecule has 1 aliphatic heterocycles.